The smallest absolute Gasteiger partial charge is 0.154 e. The molecule has 0 saturated carbocycles. The van der Waals surface area contributed by atoms with E-state index >= 15 is 0 Å². The van der Waals surface area contributed by atoms with Gasteiger partial charge in [0, 0.05) is 11.8 Å². The van der Waals surface area contributed by atoms with E-state index in [0.29, 0.717) is 0 Å². The van der Waals surface area contributed by atoms with Crippen LogP contribution in [0.5, 0.6) is 5.75 Å². The minimum Gasteiger partial charge on any atom is -0.497 e. The minimum absolute atomic E-state index is 0.838. The Bertz CT molecular complexity index is 934. The molecule has 104 valence electrons. The van der Waals surface area contributed by atoms with E-state index in [0.717, 1.165) is 39.5 Å². The van der Waals surface area contributed by atoms with E-state index in [4.69, 9.17) is 9.72 Å². The Hall–Kier alpha value is -2.82. The molecule has 0 aliphatic rings. The lowest BCUT2D eigenvalue weighted by Crippen LogP contribution is -1.91. The Balaban J connectivity index is 2.00. The Morgan fingerprint density at radius 3 is 2.67 bits per heavy atom. The Kier molecular flexibility index (Phi) is 2.47. The molecule has 0 fully saturated rings. The quantitative estimate of drug-likeness (QED) is 0.612. The highest BCUT2D eigenvalue weighted by Crippen LogP contribution is 2.28. The number of fused-ring (bicyclic) bond motifs is 3. The second-order valence-corrected chi connectivity index (χ2v) is 4.93. The number of nitrogens with zero attached hydrogens (tertiary/aromatic N) is 3. The summed E-state index contributed by atoms with van der Waals surface area (Å²) in [5.74, 6) is 1.79. The molecule has 0 aliphatic carbocycles. The third-order valence-electron chi connectivity index (χ3n) is 3.70. The first-order valence-corrected chi connectivity index (χ1v) is 6.73. The number of imidazole rings is 1. The van der Waals surface area contributed by atoms with Crippen molar-refractivity contribution in [2.75, 3.05) is 7.11 Å². The largest absolute Gasteiger partial charge is 0.497 e. The number of rotatable bonds is 2. The zero-order chi connectivity index (χ0) is 14.4. The van der Waals surface area contributed by atoms with Gasteiger partial charge in [-0.05, 0) is 37.3 Å². The summed E-state index contributed by atoms with van der Waals surface area (Å²) in [7, 11) is 1.66. The van der Waals surface area contributed by atoms with Crippen molar-refractivity contribution in [3.63, 3.8) is 0 Å². The van der Waals surface area contributed by atoms with Crippen molar-refractivity contribution < 1.29 is 4.74 Å². The maximum absolute atomic E-state index is 5.20. The van der Waals surface area contributed by atoms with Gasteiger partial charge in [-0.3, -0.25) is 4.40 Å². The summed E-state index contributed by atoms with van der Waals surface area (Å²) in [6, 6.07) is 9.93. The average Bonchev–Trinajstić information content (AvgIpc) is 3.11. The van der Waals surface area contributed by atoms with Crippen LogP contribution in [0.4, 0.5) is 0 Å². The maximum Gasteiger partial charge on any atom is 0.154 e. The van der Waals surface area contributed by atoms with Crippen LogP contribution in [0.1, 0.15) is 5.82 Å². The van der Waals surface area contributed by atoms with Crippen molar-refractivity contribution in [1.29, 1.82) is 0 Å². The number of ether oxygens (including phenoxy) is 1. The Labute approximate surface area is 121 Å². The van der Waals surface area contributed by atoms with E-state index < -0.39 is 0 Å². The SMILES string of the molecule is COc1ccc(-c2nc(C)n3c2cnc2[nH]ccc23)cc1. The summed E-state index contributed by atoms with van der Waals surface area (Å²) in [6.45, 7) is 2.01. The van der Waals surface area contributed by atoms with Crippen LogP contribution in [0.25, 0.3) is 27.9 Å². The van der Waals surface area contributed by atoms with Crippen LogP contribution < -0.4 is 4.74 Å². The minimum atomic E-state index is 0.838. The lowest BCUT2D eigenvalue weighted by molar-refractivity contribution is 0.415. The number of hydrogen-bond acceptors (Lipinski definition) is 3. The normalized spacial score (nSPS) is 11.3. The second kappa shape index (κ2) is 4.34. The van der Waals surface area contributed by atoms with Crippen LogP contribution >= 0.6 is 0 Å². The van der Waals surface area contributed by atoms with Crippen LogP contribution in [0.2, 0.25) is 0 Å². The first-order chi connectivity index (χ1) is 10.3. The molecule has 0 bridgehead atoms. The molecule has 0 spiro atoms. The van der Waals surface area contributed by atoms with Gasteiger partial charge in [0.1, 0.15) is 11.6 Å². The fraction of sp³-hybridized carbons (Fsp3) is 0.125. The first-order valence-electron chi connectivity index (χ1n) is 6.73. The number of aromatic nitrogens is 4. The third-order valence-corrected chi connectivity index (χ3v) is 3.70. The van der Waals surface area contributed by atoms with Crippen molar-refractivity contribution in [2.24, 2.45) is 0 Å². The monoisotopic (exact) mass is 278 g/mol. The Morgan fingerprint density at radius 1 is 1.10 bits per heavy atom. The molecular formula is C16H14N4O. The van der Waals surface area contributed by atoms with Crippen LogP contribution in [-0.4, -0.2) is 26.5 Å². The summed E-state index contributed by atoms with van der Waals surface area (Å²) in [4.78, 5) is 12.3. The topological polar surface area (TPSA) is 55.2 Å². The van der Waals surface area contributed by atoms with E-state index in [1.807, 2.05) is 49.6 Å². The van der Waals surface area contributed by atoms with Crippen LogP contribution in [-0.2, 0) is 0 Å². The summed E-state index contributed by atoms with van der Waals surface area (Å²) in [5, 5.41) is 0. The van der Waals surface area contributed by atoms with Crippen molar-refractivity contribution >= 4 is 16.7 Å². The molecule has 3 heterocycles. The van der Waals surface area contributed by atoms with E-state index in [9.17, 15) is 0 Å². The van der Waals surface area contributed by atoms with E-state index in [1.165, 1.54) is 0 Å². The van der Waals surface area contributed by atoms with Gasteiger partial charge in [-0.1, -0.05) is 0 Å². The lowest BCUT2D eigenvalue weighted by atomic mass is 10.1. The summed E-state index contributed by atoms with van der Waals surface area (Å²) in [5.41, 5.74) is 4.90. The van der Waals surface area contributed by atoms with Crippen LogP contribution in [0.15, 0.2) is 42.7 Å². The number of aryl methyl sites for hydroxylation is 1. The highest BCUT2D eigenvalue weighted by atomic mass is 16.5. The number of nitrogens with one attached hydrogen (secondary N) is 1. The van der Waals surface area contributed by atoms with Crippen molar-refractivity contribution in [2.45, 2.75) is 6.92 Å². The molecule has 1 aromatic carbocycles. The van der Waals surface area contributed by atoms with Gasteiger partial charge in [0.05, 0.1) is 30.0 Å². The predicted octanol–water partition coefficient (Wildman–Crippen LogP) is 3.19. The molecule has 0 atom stereocenters. The molecule has 0 amide bonds. The van der Waals surface area contributed by atoms with Crippen LogP contribution in [0.3, 0.4) is 0 Å². The number of benzene rings is 1. The average molecular weight is 278 g/mol. The van der Waals surface area contributed by atoms with Crippen molar-refractivity contribution in [3.8, 4) is 17.0 Å². The summed E-state index contributed by atoms with van der Waals surface area (Å²) < 4.78 is 7.33. The van der Waals surface area contributed by atoms with Crippen molar-refractivity contribution in [1.82, 2.24) is 19.4 Å². The van der Waals surface area contributed by atoms with E-state index in [2.05, 4.69) is 14.4 Å². The zero-order valence-electron chi connectivity index (χ0n) is 11.8. The highest BCUT2D eigenvalue weighted by Gasteiger charge is 2.13. The molecule has 4 rings (SSSR count). The maximum atomic E-state index is 5.20. The van der Waals surface area contributed by atoms with Crippen molar-refractivity contribution in [3.05, 3.63) is 48.5 Å². The van der Waals surface area contributed by atoms with Gasteiger partial charge in [0.15, 0.2) is 5.65 Å². The molecule has 21 heavy (non-hydrogen) atoms. The summed E-state index contributed by atoms with van der Waals surface area (Å²) in [6.07, 6.45) is 3.75. The van der Waals surface area contributed by atoms with E-state index in [-0.39, 0.29) is 0 Å². The fourth-order valence-electron chi connectivity index (χ4n) is 2.70. The molecule has 0 saturated heterocycles. The Morgan fingerprint density at radius 2 is 1.90 bits per heavy atom. The number of hydrogen-bond donors (Lipinski definition) is 1. The molecule has 4 aromatic rings. The fourth-order valence-corrected chi connectivity index (χ4v) is 2.70. The van der Waals surface area contributed by atoms with Gasteiger partial charge >= 0.3 is 0 Å². The first kappa shape index (κ1) is 12.0. The molecule has 3 aromatic heterocycles. The highest BCUT2D eigenvalue weighted by molar-refractivity contribution is 5.84. The molecule has 0 unspecified atom stereocenters. The zero-order valence-corrected chi connectivity index (χ0v) is 11.8. The summed E-state index contributed by atoms with van der Waals surface area (Å²) >= 11 is 0. The van der Waals surface area contributed by atoms with Gasteiger partial charge < -0.3 is 9.72 Å². The number of methoxy groups -OCH3 is 1. The molecule has 0 radical (unpaired) electrons. The molecule has 5 nitrogen and oxygen atoms in total. The van der Waals surface area contributed by atoms with Gasteiger partial charge in [-0.15, -0.1) is 0 Å². The predicted molar refractivity (Wildman–Crippen MR) is 81.6 cm³/mol. The third kappa shape index (κ3) is 1.71. The van der Waals surface area contributed by atoms with Gasteiger partial charge in [-0.2, -0.15) is 0 Å². The molecular weight excluding hydrogens is 264 g/mol. The van der Waals surface area contributed by atoms with Crippen LogP contribution in [0, 0.1) is 6.92 Å². The molecule has 5 heteroatoms. The van der Waals surface area contributed by atoms with Gasteiger partial charge in [-0.25, -0.2) is 9.97 Å². The standard InChI is InChI=1S/C16H14N4O/c1-10-19-15(11-3-5-12(21-2)6-4-11)14-9-18-16-13(20(10)14)7-8-17-16/h3-9,17H,1-2H3. The molecule has 0 aliphatic heterocycles. The number of H-pyrrole nitrogens is 1. The number of aromatic amines is 1. The van der Waals surface area contributed by atoms with E-state index in [1.54, 1.807) is 7.11 Å². The molecule has 1 N–H and O–H groups in total. The van der Waals surface area contributed by atoms with Gasteiger partial charge in [0.25, 0.3) is 0 Å². The van der Waals surface area contributed by atoms with Gasteiger partial charge in [0.2, 0.25) is 0 Å². The second-order valence-electron chi connectivity index (χ2n) is 4.93. The lowest BCUT2D eigenvalue weighted by Gasteiger charge is -2.02.